The molecule has 0 unspecified atom stereocenters. The molecular weight excluding hydrogens is 375 g/mol. The van der Waals surface area contributed by atoms with Gasteiger partial charge in [0.05, 0.1) is 10.6 Å². The van der Waals surface area contributed by atoms with Crippen molar-refractivity contribution in [1.29, 1.82) is 0 Å². The van der Waals surface area contributed by atoms with Gasteiger partial charge in [0.15, 0.2) is 0 Å². The molecule has 0 aromatic heterocycles. The second kappa shape index (κ2) is 8.77. The minimum Gasteiger partial charge on any atom is -0.436 e. The molecule has 0 aliphatic rings. The Morgan fingerprint density at radius 3 is 1.48 bits per heavy atom. The number of hydrogen-bond acceptors (Lipinski definition) is 2. The average Bonchev–Trinajstić information content (AvgIpc) is 2.81. The quantitative estimate of drug-likeness (QED) is 0.223. The predicted octanol–water partition coefficient (Wildman–Crippen LogP) is 6.13. The van der Waals surface area contributed by atoms with E-state index in [2.05, 4.69) is 0 Å². The summed E-state index contributed by atoms with van der Waals surface area (Å²) in [7, 11) is -3.35. The fourth-order valence-corrected chi connectivity index (χ4v) is 5.18. The summed E-state index contributed by atoms with van der Waals surface area (Å²) in [5.74, 6) is 0.577. The van der Waals surface area contributed by atoms with Crippen molar-refractivity contribution in [3.05, 3.63) is 132 Å². The van der Waals surface area contributed by atoms with E-state index in [1.54, 1.807) is 0 Å². The lowest BCUT2D eigenvalue weighted by molar-refractivity contribution is 0.482. The highest BCUT2D eigenvalue weighted by molar-refractivity contribution is 7.74. The highest BCUT2D eigenvalue weighted by Gasteiger charge is 2.31. The van der Waals surface area contributed by atoms with E-state index >= 15 is 0 Å². The smallest absolute Gasteiger partial charge is 0.306 e. The van der Waals surface area contributed by atoms with Crippen LogP contribution in [-0.2, 0) is 9.09 Å². The van der Waals surface area contributed by atoms with Gasteiger partial charge in [-0.1, -0.05) is 97.1 Å². The zero-order chi connectivity index (χ0) is 19.9. The van der Waals surface area contributed by atoms with E-state index in [0.29, 0.717) is 16.4 Å². The molecule has 0 aliphatic carbocycles. The predicted molar refractivity (Wildman–Crippen MR) is 122 cm³/mol. The van der Waals surface area contributed by atoms with Gasteiger partial charge < -0.3 is 4.52 Å². The zero-order valence-electron chi connectivity index (χ0n) is 15.9. The molecule has 0 bridgehead atoms. The van der Waals surface area contributed by atoms with Gasteiger partial charge in [-0.25, -0.2) is 0 Å². The van der Waals surface area contributed by atoms with Crippen LogP contribution in [0.25, 0.3) is 11.8 Å². The number of benzene rings is 4. The first-order chi connectivity index (χ1) is 14.3. The Morgan fingerprint density at radius 2 is 1.00 bits per heavy atom. The van der Waals surface area contributed by atoms with Gasteiger partial charge in [-0.2, -0.15) is 0 Å². The molecule has 0 heterocycles. The van der Waals surface area contributed by atoms with Crippen LogP contribution in [0.3, 0.4) is 0 Å². The minimum atomic E-state index is -3.35. The van der Waals surface area contributed by atoms with Crippen LogP contribution in [0.4, 0.5) is 0 Å². The van der Waals surface area contributed by atoms with Crippen LogP contribution in [0.1, 0.15) is 11.1 Å². The van der Waals surface area contributed by atoms with Crippen molar-refractivity contribution >= 4 is 29.8 Å². The van der Waals surface area contributed by atoms with Crippen LogP contribution < -0.4 is 10.6 Å². The highest BCUT2D eigenvalue weighted by Crippen LogP contribution is 2.49. The summed E-state index contributed by atoms with van der Waals surface area (Å²) in [6.45, 7) is 0. The van der Waals surface area contributed by atoms with Crippen molar-refractivity contribution in [3.63, 3.8) is 0 Å². The molecule has 4 aromatic carbocycles. The molecular formula is C26H21O2P. The first kappa shape index (κ1) is 19.0. The first-order valence-electron chi connectivity index (χ1n) is 9.49. The largest absolute Gasteiger partial charge is 0.436 e. The van der Waals surface area contributed by atoms with Crippen molar-refractivity contribution in [3.8, 4) is 0 Å². The Bertz CT molecular complexity index is 1080. The van der Waals surface area contributed by atoms with E-state index in [-0.39, 0.29) is 0 Å². The zero-order valence-corrected chi connectivity index (χ0v) is 16.8. The number of hydrogen-bond donors (Lipinski definition) is 0. The van der Waals surface area contributed by atoms with Crippen molar-refractivity contribution in [2.24, 2.45) is 0 Å². The van der Waals surface area contributed by atoms with Crippen LogP contribution in [0.15, 0.2) is 121 Å². The van der Waals surface area contributed by atoms with Gasteiger partial charge >= 0.3 is 7.37 Å². The van der Waals surface area contributed by atoms with Gasteiger partial charge in [0.2, 0.25) is 0 Å². The van der Waals surface area contributed by atoms with Crippen molar-refractivity contribution in [2.75, 3.05) is 0 Å². The molecule has 0 atom stereocenters. The topological polar surface area (TPSA) is 26.3 Å². The Labute approximate surface area is 171 Å². The molecule has 0 saturated heterocycles. The van der Waals surface area contributed by atoms with Gasteiger partial charge in [-0.3, -0.25) is 4.57 Å². The summed E-state index contributed by atoms with van der Waals surface area (Å²) in [6, 6.07) is 38.5. The third-order valence-corrected chi connectivity index (χ3v) is 6.98. The summed E-state index contributed by atoms with van der Waals surface area (Å²) in [4.78, 5) is 0. The maximum absolute atomic E-state index is 14.3. The molecule has 142 valence electrons. The third-order valence-electron chi connectivity index (χ3n) is 4.57. The third kappa shape index (κ3) is 4.39. The maximum atomic E-state index is 14.3. The van der Waals surface area contributed by atoms with Crippen molar-refractivity contribution in [2.45, 2.75) is 0 Å². The van der Waals surface area contributed by atoms with E-state index in [1.807, 2.05) is 127 Å². The lowest BCUT2D eigenvalue weighted by Crippen LogP contribution is -2.17. The lowest BCUT2D eigenvalue weighted by atomic mass is 10.1. The molecule has 0 N–H and O–H groups in total. The fraction of sp³-hybridized carbons (Fsp3) is 0. The van der Waals surface area contributed by atoms with Crippen LogP contribution in [0.2, 0.25) is 0 Å². The molecule has 0 amide bonds. The van der Waals surface area contributed by atoms with Crippen LogP contribution in [-0.4, -0.2) is 0 Å². The van der Waals surface area contributed by atoms with Crippen molar-refractivity contribution < 1.29 is 9.09 Å². The molecule has 0 radical (unpaired) electrons. The van der Waals surface area contributed by atoms with Gasteiger partial charge in [0.1, 0.15) is 5.76 Å². The van der Waals surface area contributed by atoms with Crippen molar-refractivity contribution in [1.82, 2.24) is 0 Å². The highest BCUT2D eigenvalue weighted by atomic mass is 31.2. The van der Waals surface area contributed by atoms with Crippen LogP contribution in [0.5, 0.6) is 0 Å². The summed E-state index contributed by atoms with van der Waals surface area (Å²) in [6.07, 6.45) is 1.94. The monoisotopic (exact) mass is 396 g/mol. The second-order valence-corrected chi connectivity index (χ2v) is 8.92. The van der Waals surface area contributed by atoms with E-state index < -0.39 is 7.37 Å². The summed E-state index contributed by atoms with van der Waals surface area (Å²) < 4.78 is 20.7. The standard InChI is InChI=1S/C26H21O2P/c27-29(24-17-9-3-10-18-24,25-19-11-4-12-20-25)28-26(23-15-7-2-8-16-23)21-22-13-5-1-6-14-22/h1-21H. The molecule has 0 spiro atoms. The molecule has 4 aromatic rings. The molecule has 0 aliphatic heterocycles. The lowest BCUT2D eigenvalue weighted by Gasteiger charge is -2.22. The average molecular weight is 396 g/mol. The van der Waals surface area contributed by atoms with Gasteiger partial charge in [0, 0.05) is 5.56 Å². The molecule has 2 nitrogen and oxygen atoms in total. The summed E-state index contributed by atoms with van der Waals surface area (Å²) in [5.41, 5.74) is 1.86. The Kier molecular flexibility index (Phi) is 5.74. The molecule has 4 rings (SSSR count). The Morgan fingerprint density at radius 1 is 0.586 bits per heavy atom. The van der Waals surface area contributed by atoms with E-state index in [0.717, 1.165) is 11.1 Å². The summed E-state index contributed by atoms with van der Waals surface area (Å²) in [5, 5.41) is 1.34. The Hall–Kier alpha value is -3.35. The van der Waals surface area contributed by atoms with E-state index in [4.69, 9.17) is 4.52 Å². The van der Waals surface area contributed by atoms with E-state index in [1.165, 1.54) is 0 Å². The fourth-order valence-electron chi connectivity index (χ4n) is 3.11. The van der Waals surface area contributed by atoms with Crippen LogP contribution >= 0.6 is 7.37 Å². The molecule has 0 saturated carbocycles. The molecule has 3 heteroatoms. The number of rotatable bonds is 6. The second-order valence-electron chi connectivity index (χ2n) is 6.60. The summed E-state index contributed by atoms with van der Waals surface area (Å²) >= 11 is 0. The van der Waals surface area contributed by atoms with Crippen LogP contribution in [0, 0.1) is 0 Å². The van der Waals surface area contributed by atoms with Gasteiger partial charge in [-0.15, -0.1) is 0 Å². The minimum absolute atomic E-state index is 0.577. The van der Waals surface area contributed by atoms with E-state index in [9.17, 15) is 4.57 Å². The Balaban J connectivity index is 1.86. The van der Waals surface area contributed by atoms with Gasteiger partial charge in [0.25, 0.3) is 0 Å². The SMILES string of the molecule is O=P(OC(=Cc1ccccc1)c1ccccc1)(c1ccccc1)c1ccccc1. The molecule has 29 heavy (non-hydrogen) atoms. The molecule has 0 fully saturated rings. The normalized spacial score (nSPS) is 11.8. The van der Waals surface area contributed by atoms with Gasteiger partial charge in [-0.05, 0) is 35.9 Å². The first-order valence-corrected chi connectivity index (χ1v) is 11.1. The maximum Gasteiger partial charge on any atom is 0.306 e.